The molecule has 0 saturated carbocycles. The second kappa shape index (κ2) is 5.74. The number of hydrogen-bond donors (Lipinski definition) is 1. The maximum absolute atomic E-state index is 4.27. The Morgan fingerprint density at radius 1 is 1.05 bits per heavy atom. The summed E-state index contributed by atoms with van der Waals surface area (Å²) in [7, 11) is 0. The SMILES string of the molecule is c1ccc(NCc2cccc(N3CCCC3)c2)nc1. The molecule has 1 aromatic carbocycles. The highest BCUT2D eigenvalue weighted by Gasteiger charge is 2.12. The van der Waals surface area contributed by atoms with E-state index in [1.54, 1.807) is 0 Å². The topological polar surface area (TPSA) is 28.2 Å². The highest BCUT2D eigenvalue weighted by molar-refractivity contribution is 5.50. The highest BCUT2D eigenvalue weighted by atomic mass is 15.1. The molecular formula is C16H19N3. The van der Waals surface area contributed by atoms with Gasteiger partial charge in [0.2, 0.25) is 0 Å². The summed E-state index contributed by atoms with van der Waals surface area (Å²) >= 11 is 0. The quantitative estimate of drug-likeness (QED) is 0.906. The lowest BCUT2D eigenvalue weighted by Crippen LogP contribution is -2.17. The second-order valence-corrected chi connectivity index (χ2v) is 4.93. The average Bonchev–Trinajstić information content (AvgIpc) is 3.01. The van der Waals surface area contributed by atoms with Gasteiger partial charge >= 0.3 is 0 Å². The van der Waals surface area contributed by atoms with Gasteiger partial charge in [0.15, 0.2) is 0 Å². The van der Waals surface area contributed by atoms with E-state index in [1.807, 2.05) is 24.4 Å². The van der Waals surface area contributed by atoms with E-state index in [9.17, 15) is 0 Å². The fourth-order valence-electron chi connectivity index (χ4n) is 2.50. The number of nitrogens with one attached hydrogen (secondary N) is 1. The molecule has 0 unspecified atom stereocenters. The van der Waals surface area contributed by atoms with Crippen molar-refractivity contribution >= 4 is 11.5 Å². The van der Waals surface area contributed by atoms with E-state index in [0.717, 1.165) is 12.4 Å². The van der Waals surface area contributed by atoms with Crippen LogP contribution in [0.1, 0.15) is 18.4 Å². The molecule has 98 valence electrons. The summed E-state index contributed by atoms with van der Waals surface area (Å²) in [5, 5.41) is 3.35. The van der Waals surface area contributed by atoms with Crippen LogP contribution in [0.15, 0.2) is 48.7 Å². The number of benzene rings is 1. The lowest BCUT2D eigenvalue weighted by molar-refractivity contribution is 0.949. The van der Waals surface area contributed by atoms with Crippen LogP contribution in [0.3, 0.4) is 0 Å². The standard InChI is InChI=1S/C16H19N3/c1-2-9-17-16(8-1)18-13-14-6-5-7-15(12-14)19-10-3-4-11-19/h1-2,5-9,12H,3-4,10-11,13H2,(H,17,18). The molecular weight excluding hydrogens is 234 g/mol. The van der Waals surface area contributed by atoms with Crippen LogP contribution in [0.5, 0.6) is 0 Å². The van der Waals surface area contributed by atoms with Crippen molar-refractivity contribution in [2.45, 2.75) is 19.4 Å². The van der Waals surface area contributed by atoms with Gasteiger partial charge in [-0.2, -0.15) is 0 Å². The largest absolute Gasteiger partial charge is 0.372 e. The fourth-order valence-corrected chi connectivity index (χ4v) is 2.50. The Bertz CT molecular complexity index is 519. The fraction of sp³-hybridized carbons (Fsp3) is 0.312. The van der Waals surface area contributed by atoms with E-state index in [4.69, 9.17) is 0 Å². The number of rotatable bonds is 4. The van der Waals surface area contributed by atoms with Gasteiger partial charge in [-0.25, -0.2) is 4.98 Å². The normalized spacial score (nSPS) is 14.6. The minimum atomic E-state index is 0.818. The predicted molar refractivity (Wildman–Crippen MR) is 79.5 cm³/mol. The van der Waals surface area contributed by atoms with Crippen LogP contribution in [-0.4, -0.2) is 18.1 Å². The van der Waals surface area contributed by atoms with Gasteiger partial charge in [-0.3, -0.25) is 0 Å². The molecule has 0 atom stereocenters. The van der Waals surface area contributed by atoms with E-state index in [1.165, 1.54) is 37.2 Å². The first-order valence-corrected chi connectivity index (χ1v) is 6.91. The van der Waals surface area contributed by atoms with Crippen LogP contribution in [0, 0.1) is 0 Å². The summed E-state index contributed by atoms with van der Waals surface area (Å²) in [6.45, 7) is 3.20. The smallest absolute Gasteiger partial charge is 0.126 e. The van der Waals surface area contributed by atoms with Crippen molar-refractivity contribution in [3.63, 3.8) is 0 Å². The minimum Gasteiger partial charge on any atom is -0.372 e. The lowest BCUT2D eigenvalue weighted by atomic mass is 10.2. The Morgan fingerprint density at radius 2 is 1.95 bits per heavy atom. The first-order chi connectivity index (χ1) is 9.42. The third-order valence-corrected chi connectivity index (χ3v) is 3.52. The first-order valence-electron chi connectivity index (χ1n) is 6.91. The summed E-state index contributed by atoms with van der Waals surface area (Å²) < 4.78 is 0. The van der Waals surface area contributed by atoms with Crippen molar-refractivity contribution in [1.29, 1.82) is 0 Å². The Kier molecular flexibility index (Phi) is 3.63. The van der Waals surface area contributed by atoms with Crippen LogP contribution in [0.2, 0.25) is 0 Å². The van der Waals surface area contributed by atoms with Crippen LogP contribution in [0.4, 0.5) is 11.5 Å². The van der Waals surface area contributed by atoms with E-state index in [-0.39, 0.29) is 0 Å². The highest BCUT2D eigenvalue weighted by Crippen LogP contribution is 2.21. The van der Waals surface area contributed by atoms with Crippen molar-refractivity contribution in [2.75, 3.05) is 23.3 Å². The van der Waals surface area contributed by atoms with Crippen LogP contribution >= 0.6 is 0 Å². The minimum absolute atomic E-state index is 0.818. The molecule has 3 heteroatoms. The zero-order chi connectivity index (χ0) is 12.9. The van der Waals surface area contributed by atoms with Crippen molar-refractivity contribution in [2.24, 2.45) is 0 Å². The zero-order valence-corrected chi connectivity index (χ0v) is 11.0. The van der Waals surface area contributed by atoms with Gasteiger partial charge in [0.05, 0.1) is 0 Å². The van der Waals surface area contributed by atoms with Crippen LogP contribution < -0.4 is 10.2 Å². The number of nitrogens with zero attached hydrogens (tertiary/aromatic N) is 2. The molecule has 0 radical (unpaired) electrons. The summed E-state index contributed by atoms with van der Waals surface area (Å²) in [6.07, 6.45) is 4.44. The average molecular weight is 253 g/mol. The number of anilines is 2. The number of hydrogen-bond acceptors (Lipinski definition) is 3. The van der Waals surface area contributed by atoms with Crippen LogP contribution in [0.25, 0.3) is 0 Å². The molecule has 1 fully saturated rings. The molecule has 3 nitrogen and oxygen atoms in total. The van der Waals surface area contributed by atoms with Crippen molar-refractivity contribution < 1.29 is 0 Å². The number of aromatic nitrogens is 1. The molecule has 1 N–H and O–H groups in total. The monoisotopic (exact) mass is 253 g/mol. The van der Waals surface area contributed by atoms with Crippen molar-refractivity contribution in [3.8, 4) is 0 Å². The molecule has 1 aromatic heterocycles. The van der Waals surface area contributed by atoms with Gasteiger partial charge in [-0.1, -0.05) is 18.2 Å². The molecule has 1 saturated heterocycles. The summed E-state index contributed by atoms with van der Waals surface area (Å²) in [6, 6.07) is 14.7. The Balaban J connectivity index is 1.66. The molecule has 2 heterocycles. The lowest BCUT2D eigenvalue weighted by Gasteiger charge is -2.18. The first kappa shape index (κ1) is 12.0. The third kappa shape index (κ3) is 3.05. The Labute approximate surface area is 114 Å². The van der Waals surface area contributed by atoms with Gasteiger partial charge in [0.1, 0.15) is 5.82 Å². The molecule has 0 aliphatic carbocycles. The summed E-state index contributed by atoms with van der Waals surface area (Å²) in [5.74, 6) is 0.925. The molecule has 0 bridgehead atoms. The molecule has 0 amide bonds. The summed E-state index contributed by atoms with van der Waals surface area (Å²) in [5.41, 5.74) is 2.65. The predicted octanol–water partition coefficient (Wildman–Crippen LogP) is 3.29. The molecule has 1 aliphatic heterocycles. The van der Waals surface area contributed by atoms with Crippen molar-refractivity contribution in [1.82, 2.24) is 4.98 Å². The van der Waals surface area contributed by atoms with Gasteiger partial charge < -0.3 is 10.2 Å². The zero-order valence-electron chi connectivity index (χ0n) is 11.0. The third-order valence-electron chi connectivity index (χ3n) is 3.52. The molecule has 3 rings (SSSR count). The maximum Gasteiger partial charge on any atom is 0.126 e. The van der Waals surface area contributed by atoms with Gasteiger partial charge in [-0.05, 0) is 42.7 Å². The molecule has 2 aromatic rings. The van der Waals surface area contributed by atoms with E-state index in [2.05, 4.69) is 39.5 Å². The van der Waals surface area contributed by atoms with E-state index < -0.39 is 0 Å². The number of pyridine rings is 1. The molecule has 1 aliphatic rings. The van der Waals surface area contributed by atoms with Crippen LogP contribution in [-0.2, 0) is 6.54 Å². The van der Waals surface area contributed by atoms with Gasteiger partial charge in [-0.15, -0.1) is 0 Å². The second-order valence-electron chi connectivity index (χ2n) is 4.93. The van der Waals surface area contributed by atoms with E-state index >= 15 is 0 Å². The van der Waals surface area contributed by atoms with Crippen molar-refractivity contribution in [3.05, 3.63) is 54.2 Å². The molecule has 19 heavy (non-hydrogen) atoms. The maximum atomic E-state index is 4.27. The van der Waals surface area contributed by atoms with Gasteiger partial charge in [0, 0.05) is 31.5 Å². The Hall–Kier alpha value is -2.03. The molecule has 0 spiro atoms. The van der Waals surface area contributed by atoms with Gasteiger partial charge in [0.25, 0.3) is 0 Å². The summed E-state index contributed by atoms with van der Waals surface area (Å²) in [4.78, 5) is 6.73. The Morgan fingerprint density at radius 3 is 2.74 bits per heavy atom. The van der Waals surface area contributed by atoms with E-state index in [0.29, 0.717) is 0 Å².